The van der Waals surface area contributed by atoms with E-state index in [2.05, 4.69) is 30.2 Å². The van der Waals surface area contributed by atoms with Gasteiger partial charge in [-0.05, 0) is 74.6 Å². The molecule has 3 heterocycles. The summed E-state index contributed by atoms with van der Waals surface area (Å²) in [6, 6.07) is 6.82. The summed E-state index contributed by atoms with van der Waals surface area (Å²) in [5, 5.41) is 6.16. The molecule has 2 aromatic rings. The fourth-order valence-electron chi connectivity index (χ4n) is 5.26. The Bertz CT molecular complexity index is 1180. The lowest BCUT2D eigenvalue weighted by atomic mass is 9.79. The number of anilines is 4. The normalized spacial score (nSPS) is 22.0. The van der Waals surface area contributed by atoms with Crippen molar-refractivity contribution in [3.8, 4) is 0 Å². The molecule has 1 aromatic carbocycles. The molecule has 1 aromatic heterocycles. The predicted octanol–water partition coefficient (Wildman–Crippen LogP) is 3.69. The maximum atomic E-state index is 13.3. The van der Waals surface area contributed by atoms with E-state index in [1.165, 1.54) is 12.8 Å². The van der Waals surface area contributed by atoms with Crippen molar-refractivity contribution in [2.45, 2.75) is 45.4 Å². The third kappa shape index (κ3) is 4.82. The van der Waals surface area contributed by atoms with E-state index in [-0.39, 0.29) is 11.7 Å². The first kappa shape index (κ1) is 22.9. The lowest BCUT2D eigenvalue weighted by molar-refractivity contribution is 0.102. The molecule has 9 nitrogen and oxygen atoms in total. The molecule has 1 spiro atoms. The second kappa shape index (κ2) is 9.05. The van der Waals surface area contributed by atoms with Crippen LogP contribution in [0.15, 0.2) is 30.5 Å². The number of fused-ring (bicyclic) bond motifs is 7. The maximum Gasteiger partial charge on any atom is 0.258 e. The first-order valence-electron chi connectivity index (χ1n) is 12.2. The van der Waals surface area contributed by atoms with Crippen LogP contribution >= 0.6 is 0 Å². The minimum atomic E-state index is -3.42. The van der Waals surface area contributed by atoms with Crippen LogP contribution in [0.5, 0.6) is 0 Å². The van der Waals surface area contributed by atoms with Gasteiger partial charge in [0, 0.05) is 25.8 Å². The summed E-state index contributed by atoms with van der Waals surface area (Å²) in [4.78, 5) is 24.3. The quantitative estimate of drug-likeness (QED) is 0.608. The van der Waals surface area contributed by atoms with E-state index in [1.807, 2.05) is 0 Å². The average molecular weight is 485 g/mol. The van der Waals surface area contributed by atoms with Crippen LogP contribution in [0.1, 0.15) is 55.8 Å². The standard InChI is InChI=1S/C24H32N6O3S/c1-2-34(32,33)29-18-6-7-19-20(15-18)30-14-11-24(9-10-24)17(16-30)5-3-4-12-25-23-26-13-8-21(28-23)27-22(19)31/h6-8,13,15,17,29H,2-5,9-12,14,16H2,1H3,(H2,25,26,27,28,31)/t17-/m0/s1. The molecule has 3 aliphatic rings. The van der Waals surface area contributed by atoms with Gasteiger partial charge in [-0.25, -0.2) is 13.4 Å². The molecule has 1 saturated heterocycles. The molecular weight excluding hydrogens is 452 g/mol. The minimum absolute atomic E-state index is 0.0110. The van der Waals surface area contributed by atoms with E-state index >= 15 is 0 Å². The van der Waals surface area contributed by atoms with Gasteiger partial charge >= 0.3 is 0 Å². The van der Waals surface area contributed by atoms with E-state index in [1.54, 1.807) is 37.4 Å². The molecule has 34 heavy (non-hydrogen) atoms. The number of amides is 1. The Balaban J connectivity index is 1.52. The second-order valence-corrected chi connectivity index (χ2v) is 11.6. The Morgan fingerprint density at radius 2 is 2.06 bits per heavy atom. The molecule has 182 valence electrons. The van der Waals surface area contributed by atoms with Crippen molar-refractivity contribution in [1.82, 2.24) is 9.97 Å². The van der Waals surface area contributed by atoms with E-state index < -0.39 is 10.0 Å². The number of nitrogens with zero attached hydrogens (tertiary/aromatic N) is 3. The summed E-state index contributed by atoms with van der Waals surface area (Å²) in [6.45, 7) is 4.14. The largest absolute Gasteiger partial charge is 0.371 e. The van der Waals surface area contributed by atoms with Gasteiger partial charge in [-0.2, -0.15) is 4.98 Å². The fraction of sp³-hybridized carbons (Fsp3) is 0.542. The fourth-order valence-corrected chi connectivity index (χ4v) is 5.89. The van der Waals surface area contributed by atoms with Crippen molar-refractivity contribution < 1.29 is 13.2 Å². The Kier molecular flexibility index (Phi) is 6.09. The number of piperidine rings is 1. The summed E-state index contributed by atoms with van der Waals surface area (Å²) >= 11 is 0. The van der Waals surface area contributed by atoms with Crippen molar-refractivity contribution in [2.24, 2.45) is 11.3 Å². The van der Waals surface area contributed by atoms with Crippen molar-refractivity contribution in [3.63, 3.8) is 0 Å². The van der Waals surface area contributed by atoms with Gasteiger partial charge in [0.15, 0.2) is 0 Å². The van der Waals surface area contributed by atoms with E-state index in [4.69, 9.17) is 0 Å². The molecule has 1 amide bonds. The van der Waals surface area contributed by atoms with Crippen LogP contribution in [0.3, 0.4) is 0 Å². The molecule has 1 saturated carbocycles. The number of nitrogens with one attached hydrogen (secondary N) is 3. The Morgan fingerprint density at radius 1 is 1.21 bits per heavy atom. The second-order valence-electron chi connectivity index (χ2n) is 9.63. The highest BCUT2D eigenvalue weighted by atomic mass is 32.2. The van der Waals surface area contributed by atoms with Gasteiger partial charge in [-0.15, -0.1) is 0 Å². The maximum absolute atomic E-state index is 13.3. The highest BCUT2D eigenvalue weighted by molar-refractivity contribution is 7.92. The number of aromatic nitrogens is 2. The predicted molar refractivity (Wildman–Crippen MR) is 134 cm³/mol. The average Bonchev–Trinajstić information content (AvgIpc) is 3.59. The highest BCUT2D eigenvalue weighted by Gasteiger charge is 2.51. The topological polar surface area (TPSA) is 116 Å². The molecule has 4 bridgehead atoms. The van der Waals surface area contributed by atoms with Gasteiger partial charge in [0.2, 0.25) is 16.0 Å². The number of benzene rings is 1. The summed E-state index contributed by atoms with van der Waals surface area (Å²) in [5.74, 6) is 1.20. The van der Waals surface area contributed by atoms with Crippen LogP contribution in [0.25, 0.3) is 0 Å². The van der Waals surface area contributed by atoms with Gasteiger partial charge in [-0.3, -0.25) is 9.52 Å². The molecule has 5 rings (SSSR count). The first-order valence-corrected chi connectivity index (χ1v) is 13.8. The molecule has 1 aliphatic carbocycles. The Hall–Kier alpha value is -2.88. The highest BCUT2D eigenvalue weighted by Crippen LogP contribution is 2.58. The molecule has 0 radical (unpaired) electrons. The third-order valence-electron chi connectivity index (χ3n) is 7.47. The van der Waals surface area contributed by atoms with Crippen molar-refractivity contribution >= 4 is 39.1 Å². The molecule has 3 N–H and O–H groups in total. The van der Waals surface area contributed by atoms with Crippen LogP contribution in [0.4, 0.5) is 23.1 Å². The van der Waals surface area contributed by atoms with Gasteiger partial charge < -0.3 is 15.5 Å². The van der Waals surface area contributed by atoms with E-state index in [9.17, 15) is 13.2 Å². The van der Waals surface area contributed by atoms with Gasteiger partial charge in [-0.1, -0.05) is 6.42 Å². The zero-order valence-corrected chi connectivity index (χ0v) is 20.3. The summed E-state index contributed by atoms with van der Waals surface area (Å²) in [5.41, 5.74) is 2.19. The molecule has 2 aliphatic heterocycles. The summed E-state index contributed by atoms with van der Waals surface area (Å²) in [6.07, 6.45) is 8.59. The molecule has 2 fully saturated rings. The summed E-state index contributed by atoms with van der Waals surface area (Å²) in [7, 11) is -3.42. The molecule has 0 unspecified atom stereocenters. The van der Waals surface area contributed by atoms with E-state index in [0.717, 1.165) is 51.0 Å². The molecule has 10 heteroatoms. The SMILES string of the molecule is CCS(=O)(=O)Nc1ccc2c(c1)N1CCC3(CC3)[C@@H](CCCCNc3nccc(n3)NC2=O)C1. The van der Waals surface area contributed by atoms with Crippen LogP contribution in [-0.4, -0.2) is 49.7 Å². The number of rotatable bonds is 3. The van der Waals surface area contributed by atoms with Crippen LogP contribution in [0.2, 0.25) is 0 Å². The summed E-state index contributed by atoms with van der Waals surface area (Å²) < 4.78 is 27.0. The van der Waals surface area contributed by atoms with Crippen molar-refractivity contribution in [1.29, 1.82) is 0 Å². The zero-order chi connectivity index (χ0) is 23.8. The van der Waals surface area contributed by atoms with Crippen LogP contribution < -0.4 is 20.3 Å². The van der Waals surface area contributed by atoms with Crippen molar-refractivity contribution in [2.75, 3.05) is 45.6 Å². The Morgan fingerprint density at radius 3 is 2.85 bits per heavy atom. The monoisotopic (exact) mass is 484 g/mol. The van der Waals surface area contributed by atoms with Crippen LogP contribution in [0, 0.1) is 11.3 Å². The number of hydrogen-bond donors (Lipinski definition) is 3. The van der Waals surface area contributed by atoms with Gasteiger partial charge in [0.1, 0.15) is 5.82 Å². The smallest absolute Gasteiger partial charge is 0.258 e. The number of hydrogen-bond acceptors (Lipinski definition) is 7. The molecular formula is C24H32N6O3S. The number of carbonyl (C=O) groups is 1. The van der Waals surface area contributed by atoms with Gasteiger partial charge in [0.25, 0.3) is 5.91 Å². The lowest BCUT2D eigenvalue weighted by Crippen LogP contribution is -2.42. The van der Waals surface area contributed by atoms with Crippen molar-refractivity contribution in [3.05, 3.63) is 36.0 Å². The minimum Gasteiger partial charge on any atom is -0.371 e. The molecule has 1 atom stereocenters. The van der Waals surface area contributed by atoms with E-state index in [0.29, 0.717) is 34.3 Å². The van der Waals surface area contributed by atoms with Gasteiger partial charge in [0.05, 0.1) is 22.7 Å². The third-order valence-corrected chi connectivity index (χ3v) is 8.78. The Labute approximate surface area is 200 Å². The van der Waals surface area contributed by atoms with Crippen LogP contribution in [-0.2, 0) is 10.0 Å². The number of sulfonamides is 1. The lowest BCUT2D eigenvalue weighted by Gasteiger charge is -2.41. The number of carbonyl (C=O) groups excluding carboxylic acids is 1. The zero-order valence-electron chi connectivity index (χ0n) is 19.5. The first-order chi connectivity index (χ1) is 16.4.